The van der Waals surface area contributed by atoms with Crippen LogP contribution in [0.3, 0.4) is 0 Å². The van der Waals surface area contributed by atoms with Crippen molar-refractivity contribution in [2.45, 2.75) is 6.10 Å². The van der Waals surface area contributed by atoms with Gasteiger partial charge in [-0.3, -0.25) is 4.18 Å². The van der Waals surface area contributed by atoms with Crippen molar-refractivity contribution in [3.05, 3.63) is 34.9 Å². The highest BCUT2D eigenvalue weighted by molar-refractivity contribution is 7.85. The summed E-state index contributed by atoms with van der Waals surface area (Å²) in [6.45, 7) is 0. The Bertz CT molecular complexity index is 499. The van der Waals surface area contributed by atoms with Crippen molar-refractivity contribution >= 4 is 27.7 Å². The van der Waals surface area contributed by atoms with E-state index in [-0.39, 0.29) is 10.6 Å². The van der Waals surface area contributed by atoms with Gasteiger partial charge in [-0.15, -0.1) is 0 Å². The number of aliphatic hydroxyl groups excluding tert-OH is 1. The summed E-state index contributed by atoms with van der Waals surface area (Å²) in [5.74, 6) is -1.30. The Labute approximate surface area is 110 Å². The molecule has 0 spiro atoms. The molecule has 1 aromatic carbocycles. The minimum Gasteiger partial charge on any atom is -0.479 e. The highest BCUT2D eigenvalue weighted by Gasteiger charge is 2.17. The molecule has 102 valence electrons. The second kappa shape index (κ2) is 7.32. The normalized spacial score (nSPS) is 12.2. The van der Waals surface area contributed by atoms with E-state index in [2.05, 4.69) is 4.18 Å². The van der Waals surface area contributed by atoms with Crippen LogP contribution in [0.2, 0.25) is 5.02 Å². The smallest absolute Gasteiger partial charge is 0.337 e. The summed E-state index contributed by atoms with van der Waals surface area (Å²) < 4.78 is 23.5. The molecule has 0 saturated carbocycles. The Hall–Kier alpha value is -1.15. The van der Waals surface area contributed by atoms with E-state index in [1.807, 2.05) is 0 Å². The highest BCUT2D eigenvalue weighted by Crippen LogP contribution is 2.22. The Kier molecular flexibility index (Phi) is 6.85. The van der Waals surface area contributed by atoms with Gasteiger partial charge < -0.3 is 10.2 Å². The van der Waals surface area contributed by atoms with Gasteiger partial charge >= 0.3 is 5.97 Å². The van der Waals surface area contributed by atoms with E-state index in [1.54, 1.807) is 12.1 Å². The number of halogens is 1. The van der Waals surface area contributed by atoms with Crippen molar-refractivity contribution in [3.63, 3.8) is 0 Å². The third kappa shape index (κ3) is 6.55. The van der Waals surface area contributed by atoms with Crippen LogP contribution in [0.4, 0.5) is 0 Å². The Morgan fingerprint density at radius 1 is 1.39 bits per heavy atom. The Balaban J connectivity index is 0.000000411. The molecule has 2 N–H and O–H groups in total. The molecule has 1 aromatic rings. The quantitative estimate of drug-likeness (QED) is 0.809. The number of aliphatic hydroxyl groups is 1. The van der Waals surface area contributed by atoms with Gasteiger partial charge in [-0.1, -0.05) is 29.8 Å². The molecule has 0 bridgehead atoms. The van der Waals surface area contributed by atoms with Gasteiger partial charge in [-0.2, -0.15) is 8.42 Å². The second-order valence-corrected chi connectivity index (χ2v) is 5.28. The van der Waals surface area contributed by atoms with Gasteiger partial charge in [0.05, 0.1) is 13.4 Å². The molecule has 1 unspecified atom stereocenters. The Morgan fingerprint density at radius 2 is 1.83 bits per heavy atom. The van der Waals surface area contributed by atoms with Crippen LogP contribution in [0.1, 0.15) is 11.7 Å². The first-order chi connectivity index (χ1) is 8.19. The van der Waals surface area contributed by atoms with Crippen LogP contribution < -0.4 is 0 Å². The zero-order chi connectivity index (χ0) is 14.3. The van der Waals surface area contributed by atoms with Crippen molar-refractivity contribution in [1.29, 1.82) is 0 Å². The molecular weight excluding hydrogens is 284 g/mol. The number of carboxylic acids is 1. The lowest BCUT2D eigenvalue weighted by Gasteiger charge is -2.06. The summed E-state index contributed by atoms with van der Waals surface area (Å²) in [6.07, 6.45) is -0.550. The first-order valence-corrected chi connectivity index (χ1v) is 6.79. The molecule has 0 aliphatic heterocycles. The lowest BCUT2D eigenvalue weighted by atomic mass is 10.1. The highest BCUT2D eigenvalue weighted by atomic mass is 35.5. The number of benzene rings is 1. The molecule has 18 heavy (non-hydrogen) atoms. The van der Waals surface area contributed by atoms with Gasteiger partial charge in [0, 0.05) is 10.6 Å². The fraction of sp³-hybridized carbons (Fsp3) is 0.300. The Morgan fingerprint density at radius 3 is 2.17 bits per heavy atom. The van der Waals surface area contributed by atoms with Crippen LogP contribution in [-0.2, 0) is 19.1 Å². The maximum atomic E-state index is 10.3. The summed E-state index contributed by atoms with van der Waals surface area (Å²) >= 11 is 5.64. The maximum absolute atomic E-state index is 10.3. The SMILES string of the molecule is COS(C)(=O)=O.O=C(O)C(O)c1ccccc1Cl. The molecular formula is C10H13ClO6S. The van der Waals surface area contributed by atoms with Gasteiger partial charge in [-0.25, -0.2) is 4.79 Å². The molecule has 0 fully saturated rings. The summed E-state index contributed by atoms with van der Waals surface area (Å²) in [5.41, 5.74) is 0.215. The van der Waals surface area contributed by atoms with E-state index >= 15 is 0 Å². The van der Waals surface area contributed by atoms with Crippen molar-refractivity contribution in [1.82, 2.24) is 0 Å². The van der Waals surface area contributed by atoms with Crippen LogP contribution in [0, 0.1) is 0 Å². The van der Waals surface area contributed by atoms with Crippen LogP contribution in [0.25, 0.3) is 0 Å². The third-order valence-corrected chi connectivity index (χ3v) is 2.69. The number of carboxylic acid groups (broad SMARTS) is 1. The van der Waals surface area contributed by atoms with Crippen LogP contribution in [-0.4, -0.2) is 38.0 Å². The fourth-order valence-electron chi connectivity index (χ4n) is 0.830. The predicted octanol–water partition coefficient (Wildman–Crippen LogP) is 1.05. The predicted molar refractivity (Wildman–Crippen MR) is 65.9 cm³/mol. The lowest BCUT2D eigenvalue weighted by Crippen LogP contribution is -2.10. The second-order valence-electron chi connectivity index (χ2n) is 3.13. The van der Waals surface area contributed by atoms with Crippen molar-refractivity contribution < 1.29 is 27.6 Å². The van der Waals surface area contributed by atoms with E-state index in [9.17, 15) is 13.2 Å². The standard InChI is InChI=1S/C8H7ClO3.C2H6O3S/c9-6-4-2-1-3-5(6)7(10)8(11)12;1-5-6(2,3)4/h1-4,7,10H,(H,11,12);1-2H3. The number of aliphatic carboxylic acids is 1. The first-order valence-electron chi connectivity index (χ1n) is 4.60. The third-order valence-electron chi connectivity index (χ3n) is 1.74. The average molecular weight is 297 g/mol. The van der Waals surface area contributed by atoms with Gasteiger partial charge in [0.2, 0.25) is 0 Å². The zero-order valence-corrected chi connectivity index (χ0v) is 11.3. The molecule has 0 heterocycles. The molecule has 0 radical (unpaired) electrons. The molecule has 6 nitrogen and oxygen atoms in total. The lowest BCUT2D eigenvalue weighted by molar-refractivity contribution is -0.146. The monoisotopic (exact) mass is 296 g/mol. The van der Waals surface area contributed by atoms with Crippen molar-refractivity contribution in [3.8, 4) is 0 Å². The van der Waals surface area contributed by atoms with E-state index < -0.39 is 22.2 Å². The molecule has 0 amide bonds. The van der Waals surface area contributed by atoms with E-state index in [0.29, 0.717) is 0 Å². The maximum Gasteiger partial charge on any atom is 0.337 e. The fourth-order valence-corrected chi connectivity index (χ4v) is 1.07. The van der Waals surface area contributed by atoms with Crippen molar-refractivity contribution in [2.24, 2.45) is 0 Å². The minimum atomic E-state index is -3.16. The van der Waals surface area contributed by atoms with Gasteiger partial charge in [0.25, 0.3) is 10.1 Å². The number of carbonyl (C=O) groups is 1. The molecule has 8 heteroatoms. The topological polar surface area (TPSA) is 101 Å². The van der Waals surface area contributed by atoms with Crippen LogP contribution >= 0.6 is 11.6 Å². The molecule has 0 aliphatic carbocycles. The van der Waals surface area contributed by atoms with E-state index in [4.69, 9.17) is 21.8 Å². The summed E-state index contributed by atoms with van der Waals surface area (Å²) in [4.78, 5) is 10.3. The number of rotatable bonds is 3. The van der Waals surface area contributed by atoms with Crippen LogP contribution in [0.5, 0.6) is 0 Å². The van der Waals surface area contributed by atoms with Gasteiger partial charge in [-0.05, 0) is 6.07 Å². The number of hydrogen-bond acceptors (Lipinski definition) is 5. The molecule has 0 aromatic heterocycles. The first kappa shape index (κ1) is 16.9. The summed E-state index contributed by atoms with van der Waals surface area (Å²) in [7, 11) is -2.04. The largest absolute Gasteiger partial charge is 0.479 e. The minimum absolute atomic E-state index is 0.215. The van der Waals surface area contributed by atoms with E-state index in [0.717, 1.165) is 13.4 Å². The molecule has 1 rings (SSSR count). The summed E-state index contributed by atoms with van der Waals surface area (Å²) in [6, 6.07) is 6.29. The summed E-state index contributed by atoms with van der Waals surface area (Å²) in [5, 5.41) is 17.8. The van der Waals surface area contributed by atoms with Crippen LogP contribution in [0.15, 0.2) is 24.3 Å². The zero-order valence-electron chi connectivity index (χ0n) is 9.70. The van der Waals surface area contributed by atoms with Gasteiger partial charge in [0.1, 0.15) is 0 Å². The molecule has 1 atom stereocenters. The van der Waals surface area contributed by atoms with E-state index in [1.165, 1.54) is 12.1 Å². The molecule has 0 aliphatic rings. The van der Waals surface area contributed by atoms with Gasteiger partial charge in [0.15, 0.2) is 6.10 Å². The number of hydrogen-bond donors (Lipinski definition) is 2. The average Bonchev–Trinajstić information content (AvgIpc) is 2.28. The molecule has 0 saturated heterocycles. The van der Waals surface area contributed by atoms with Crippen molar-refractivity contribution in [2.75, 3.05) is 13.4 Å².